The number of benzene rings is 2. The molecule has 9 heteroatoms. The van der Waals surface area contributed by atoms with Crippen molar-refractivity contribution in [1.82, 2.24) is 0 Å². The average molecular weight is 460 g/mol. The van der Waals surface area contributed by atoms with Gasteiger partial charge in [0.25, 0.3) is 0 Å². The Kier molecular flexibility index (Phi) is 4.33. The predicted molar refractivity (Wildman–Crippen MR) is 113 cm³/mol. The summed E-state index contributed by atoms with van der Waals surface area (Å²) in [4.78, 5) is 12.8. The highest BCUT2D eigenvalue weighted by atomic mass is 35.5. The van der Waals surface area contributed by atoms with Gasteiger partial charge >= 0.3 is 5.69 Å². The van der Waals surface area contributed by atoms with E-state index in [4.69, 9.17) is 51.1 Å². The minimum atomic E-state index is -0.984. The highest BCUT2D eigenvalue weighted by Crippen LogP contribution is 2.58. The van der Waals surface area contributed by atoms with Crippen molar-refractivity contribution < 1.29 is 9.66 Å². The van der Waals surface area contributed by atoms with Gasteiger partial charge in [0.15, 0.2) is 10.8 Å². The van der Waals surface area contributed by atoms with E-state index in [9.17, 15) is 10.1 Å². The van der Waals surface area contributed by atoms with Crippen molar-refractivity contribution in [3.05, 3.63) is 65.6 Å². The van der Waals surface area contributed by atoms with Crippen LogP contribution in [-0.2, 0) is 5.41 Å². The fourth-order valence-electron chi connectivity index (χ4n) is 4.05. The van der Waals surface area contributed by atoms with Crippen molar-refractivity contribution >= 4 is 63.9 Å². The van der Waals surface area contributed by atoms with Gasteiger partial charge in [-0.1, -0.05) is 46.4 Å². The van der Waals surface area contributed by atoms with E-state index in [1.54, 1.807) is 12.1 Å². The van der Waals surface area contributed by atoms with E-state index < -0.39 is 21.8 Å². The lowest BCUT2D eigenvalue weighted by Gasteiger charge is -2.46. The topological polar surface area (TPSA) is 55.6 Å². The summed E-state index contributed by atoms with van der Waals surface area (Å²) >= 11 is 24.9. The number of ether oxygens (including phenoxy) is 1. The second-order valence-corrected chi connectivity index (χ2v) is 8.84. The van der Waals surface area contributed by atoms with E-state index in [0.29, 0.717) is 10.6 Å². The fourth-order valence-corrected chi connectivity index (χ4v) is 5.08. The number of likely N-dealkylation sites (N-methyl/N-ethyl adjacent to an activating group) is 1. The molecule has 0 amide bonds. The molecule has 0 aromatic heterocycles. The van der Waals surface area contributed by atoms with Gasteiger partial charge in [0.2, 0.25) is 5.72 Å². The molecule has 4 rings (SSSR count). The van der Waals surface area contributed by atoms with E-state index >= 15 is 0 Å². The lowest BCUT2D eigenvalue weighted by atomic mass is 9.76. The van der Waals surface area contributed by atoms with Crippen molar-refractivity contribution in [2.45, 2.75) is 25.0 Å². The third-order valence-corrected chi connectivity index (χ3v) is 7.04. The second kappa shape index (κ2) is 6.17. The number of hydrogen-bond donors (Lipinski definition) is 0. The van der Waals surface area contributed by atoms with Crippen LogP contribution in [0.5, 0.6) is 5.75 Å². The minimum absolute atomic E-state index is 0.0258. The highest BCUT2D eigenvalue weighted by Gasteiger charge is 2.58. The standard InChI is InChI=1S/C19H14Cl4N2O3/c1-18(2)11-8-9(20)4-5-12(11)24(3)19(18)7-6-10-13(21)14(22)16(25(26)27)15(23)17(10)28-19/h4-8H,1-3H3. The summed E-state index contributed by atoms with van der Waals surface area (Å²) in [6, 6.07) is 5.62. The van der Waals surface area contributed by atoms with E-state index in [0.717, 1.165) is 11.3 Å². The summed E-state index contributed by atoms with van der Waals surface area (Å²) in [5.74, 6) is 0.129. The Morgan fingerprint density at radius 1 is 1.11 bits per heavy atom. The highest BCUT2D eigenvalue weighted by molar-refractivity contribution is 6.47. The lowest BCUT2D eigenvalue weighted by Crippen LogP contribution is -2.58. The van der Waals surface area contributed by atoms with Crippen molar-refractivity contribution in [2.75, 3.05) is 11.9 Å². The Morgan fingerprint density at radius 2 is 1.79 bits per heavy atom. The molecule has 2 aliphatic heterocycles. The maximum Gasteiger partial charge on any atom is 0.311 e. The number of anilines is 1. The van der Waals surface area contributed by atoms with E-state index in [1.165, 1.54) is 0 Å². The molecule has 0 saturated carbocycles. The largest absolute Gasteiger partial charge is 0.461 e. The smallest absolute Gasteiger partial charge is 0.311 e. The van der Waals surface area contributed by atoms with Gasteiger partial charge in [0, 0.05) is 23.3 Å². The molecule has 0 fully saturated rings. The van der Waals surface area contributed by atoms with Crippen LogP contribution >= 0.6 is 46.4 Å². The van der Waals surface area contributed by atoms with Gasteiger partial charge in [-0.3, -0.25) is 10.1 Å². The molecule has 0 bridgehead atoms. The first-order chi connectivity index (χ1) is 13.0. The summed E-state index contributed by atoms with van der Waals surface area (Å²) in [6.45, 7) is 4.03. The van der Waals surface area contributed by atoms with Crippen molar-refractivity contribution in [1.29, 1.82) is 0 Å². The summed E-state index contributed by atoms with van der Waals surface area (Å²) < 4.78 is 6.40. The maximum absolute atomic E-state index is 11.5. The quantitative estimate of drug-likeness (QED) is 0.269. The molecule has 0 saturated heterocycles. The molecule has 0 radical (unpaired) electrons. The molecule has 5 nitrogen and oxygen atoms in total. The molecule has 1 atom stereocenters. The Labute approximate surface area is 181 Å². The molecule has 146 valence electrons. The number of nitrogens with zero attached hydrogens (tertiary/aromatic N) is 2. The number of nitro benzene ring substituents is 1. The summed E-state index contributed by atoms with van der Waals surface area (Å²) in [7, 11) is 1.89. The van der Waals surface area contributed by atoms with E-state index in [-0.39, 0.29) is 20.8 Å². The molecular formula is C19H14Cl4N2O3. The molecule has 2 heterocycles. The number of halogens is 4. The second-order valence-electron chi connectivity index (χ2n) is 7.27. The Bertz CT molecular complexity index is 1080. The van der Waals surface area contributed by atoms with Crippen LogP contribution in [-0.4, -0.2) is 17.7 Å². The van der Waals surface area contributed by atoms with E-state index in [2.05, 4.69) is 0 Å². The number of nitro groups is 1. The molecule has 2 aromatic rings. The molecule has 1 unspecified atom stereocenters. The van der Waals surface area contributed by atoms with Crippen LogP contribution in [0.2, 0.25) is 20.1 Å². The molecule has 2 aromatic carbocycles. The number of rotatable bonds is 1. The van der Waals surface area contributed by atoms with Crippen LogP contribution < -0.4 is 9.64 Å². The summed E-state index contributed by atoms with van der Waals surface area (Å²) in [5.41, 5.74) is 0.319. The van der Waals surface area contributed by atoms with Crippen LogP contribution in [0.3, 0.4) is 0 Å². The fraction of sp³-hybridized carbons (Fsp3) is 0.263. The monoisotopic (exact) mass is 458 g/mol. The lowest BCUT2D eigenvalue weighted by molar-refractivity contribution is -0.384. The van der Waals surface area contributed by atoms with Gasteiger partial charge in [-0.25, -0.2) is 0 Å². The Morgan fingerprint density at radius 3 is 2.43 bits per heavy atom. The first kappa shape index (κ1) is 19.6. The zero-order chi connectivity index (χ0) is 20.6. The molecule has 0 aliphatic carbocycles. The Hall–Kier alpha value is -1.66. The normalized spacial score (nSPS) is 21.5. The van der Waals surface area contributed by atoms with Crippen LogP contribution in [0.15, 0.2) is 24.3 Å². The third-order valence-electron chi connectivity index (χ3n) is 5.59. The van der Waals surface area contributed by atoms with Crippen molar-refractivity contribution in [3.8, 4) is 5.75 Å². The van der Waals surface area contributed by atoms with Crippen LogP contribution in [0, 0.1) is 10.1 Å². The molecule has 0 N–H and O–H groups in total. The van der Waals surface area contributed by atoms with Gasteiger partial charge in [-0.05, 0) is 49.8 Å². The molecular weight excluding hydrogens is 446 g/mol. The van der Waals surface area contributed by atoms with Crippen LogP contribution in [0.25, 0.3) is 6.08 Å². The zero-order valence-corrected chi connectivity index (χ0v) is 18.0. The SMILES string of the molecule is CN1c2ccc(Cl)cc2C(C)(C)C12C=Cc1c(Cl)c(Cl)c([N+](=O)[O-])c(Cl)c1O2. The van der Waals surface area contributed by atoms with E-state index in [1.807, 2.05) is 44.0 Å². The zero-order valence-electron chi connectivity index (χ0n) is 15.0. The van der Waals surface area contributed by atoms with Gasteiger partial charge in [0.05, 0.1) is 15.4 Å². The van der Waals surface area contributed by atoms with Crippen LogP contribution in [0.4, 0.5) is 11.4 Å². The van der Waals surface area contributed by atoms with Crippen molar-refractivity contribution in [3.63, 3.8) is 0 Å². The summed E-state index contributed by atoms with van der Waals surface area (Å²) in [6.07, 6.45) is 3.61. The number of fused-ring (bicyclic) bond motifs is 2. The molecule has 28 heavy (non-hydrogen) atoms. The van der Waals surface area contributed by atoms with Gasteiger partial charge in [-0.15, -0.1) is 0 Å². The van der Waals surface area contributed by atoms with Gasteiger partial charge in [-0.2, -0.15) is 0 Å². The van der Waals surface area contributed by atoms with Crippen molar-refractivity contribution in [2.24, 2.45) is 0 Å². The molecule has 2 aliphatic rings. The maximum atomic E-state index is 11.5. The first-order valence-corrected chi connectivity index (χ1v) is 9.81. The average Bonchev–Trinajstić information content (AvgIpc) is 2.78. The minimum Gasteiger partial charge on any atom is -0.461 e. The number of hydrogen-bond acceptors (Lipinski definition) is 4. The van der Waals surface area contributed by atoms with Crippen LogP contribution in [0.1, 0.15) is 25.0 Å². The Balaban J connectivity index is 1.96. The molecule has 1 spiro atoms. The first-order valence-electron chi connectivity index (χ1n) is 8.30. The third kappa shape index (κ3) is 2.34. The summed E-state index contributed by atoms with van der Waals surface area (Å²) in [5, 5.41) is 11.7. The van der Waals surface area contributed by atoms with Gasteiger partial charge in [0.1, 0.15) is 5.02 Å². The van der Waals surface area contributed by atoms with Gasteiger partial charge < -0.3 is 9.64 Å². The predicted octanol–water partition coefficient (Wildman–Crippen LogP) is 6.74.